The summed E-state index contributed by atoms with van der Waals surface area (Å²) in [6.45, 7) is 4.99. The monoisotopic (exact) mass is 233 g/mol. The zero-order valence-electron chi connectivity index (χ0n) is 8.06. The zero-order chi connectivity index (χ0) is 8.81. The smallest absolute Gasteiger partial charge is 0.00669 e. The molecule has 1 aliphatic heterocycles. The Morgan fingerprint density at radius 1 is 1.33 bits per heavy atom. The second kappa shape index (κ2) is 5.98. The van der Waals surface area contributed by atoms with Crippen molar-refractivity contribution < 1.29 is 0 Å². The number of hydrogen-bond donors (Lipinski definition) is 0. The Labute approximate surface area is 84.6 Å². The molecule has 0 saturated carbocycles. The summed E-state index contributed by atoms with van der Waals surface area (Å²) >= 11 is 3.49. The fraction of sp³-hybridized carbons (Fsp3) is 1.00. The van der Waals surface area contributed by atoms with E-state index in [1.54, 1.807) is 0 Å². The molecule has 0 aromatic carbocycles. The number of halogens is 1. The summed E-state index contributed by atoms with van der Waals surface area (Å²) in [6, 6.07) is 0.826. The van der Waals surface area contributed by atoms with Gasteiger partial charge in [-0.3, -0.25) is 0 Å². The van der Waals surface area contributed by atoms with Crippen LogP contribution in [0.1, 0.15) is 39.0 Å². The van der Waals surface area contributed by atoms with E-state index in [4.69, 9.17) is 0 Å². The minimum Gasteiger partial charge on any atom is -0.301 e. The van der Waals surface area contributed by atoms with Gasteiger partial charge in [0.1, 0.15) is 0 Å². The minimum absolute atomic E-state index is 0.826. The molecule has 72 valence electrons. The number of alkyl halides is 1. The van der Waals surface area contributed by atoms with Crippen molar-refractivity contribution in [2.75, 3.05) is 18.4 Å². The van der Waals surface area contributed by atoms with Gasteiger partial charge in [-0.1, -0.05) is 28.8 Å². The lowest BCUT2D eigenvalue weighted by atomic mass is 10.1. The van der Waals surface area contributed by atoms with Crippen LogP contribution in [0.25, 0.3) is 0 Å². The summed E-state index contributed by atoms with van der Waals surface area (Å²) in [5.74, 6) is 0. The van der Waals surface area contributed by atoms with Crippen LogP contribution in [0.4, 0.5) is 0 Å². The van der Waals surface area contributed by atoms with Gasteiger partial charge in [0.2, 0.25) is 0 Å². The maximum absolute atomic E-state index is 3.49. The molecular formula is C10H20BrN. The number of nitrogens with zero attached hydrogens (tertiary/aromatic N) is 1. The second-order valence-electron chi connectivity index (χ2n) is 3.78. The predicted octanol–water partition coefficient (Wildman–Crippen LogP) is 3.04. The van der Waals surface area contributed by atoms with Crippen LogP contribution in [0.5, 0.6) is 0 Å². The second-order valence-corrected chi connectivity index (χ2v) is 4.57. The molecule has 0 spiro atoms. The number of likely N-dealkylation sites (tertiary alicyclic amines) is 1. The largest absolute Gasteiger partial charge is 0.301 e. The maximum Gasteiger partial charge on any atom is 0.00669 e. The first-order chi connectivity index (χ1) is 5.84. The van der Waals surface area contributed by atoms with Gasteiger partial charge < -0.3 is 4.90 Å². The van der Waals surface area contributed by atoms with Gasteiger partial charge >= 0.3 is 0 Å². The zero-order valence-corrected chi connectivity index (χ0v) is 9.65. The van der Waals surface area contributed by atoms with Gasteiger partial charge in [0.25, 0.3) is 0 Å². The van der Waals surface area contributed by atoms with Crippen molar-refractivity contribution in [1.29, 1.82) is 0 Å². The van der Waals surface area contributed by atoms with Crippen molar-refractivity contribution in [3.05, 3.63) is 0 Å². The fourth-order valence-corrected chi connectivity index (χ4v) is 2.18. The molecule has 0 aromatic heterocycles. The van der Waals surface area contributed by atoms with Gasteiger partial charge in [0.15, 0.2) is 0 Å². The molecule has 0 bridgehead atoms. The summed E-state index contributed by atoms with van der Waals surface area (Å²) in [7, 11) is 0. The van der Waals surface area contributed by atoms with E-state index >= 15 is 0 Å². The van der Waals surface area contributed by atoms with Crippen molar-refractivity contribution in [3.8, 4) is 0 Å². The lowest BCUT2D eigenvalue weighted by molar-refractivity contribution is 0.215. The van der Waals surface area contributed by atoms with E-state index in [1.807, 2.05) is 0 Å². The third-order valence-corrected chi connectivity index (χ3v) is 3.33. The number of rotatable bonds is 3. The summed E-state index contributed by atoms with van der Waals surface area (Å²) in [5.41, 5.74) is 0. The van der Waals surface area contributed by atoms with E-state index in [0.717, 1.165) is 11.4 Å². The fourth-order valence-electron chi connectivity index (χ4n) is 1.93. The molecule has 1 atom stereocenters. The van der Waals surface area contributed by atoms with Crippen LogP contribution in [-0.2, 0) is 0 Å². The van der Waals surface area contributed by atoms with Gasteiger partial charge in [0, 0.05) is 11.4 Å². The van der Waals surface area contributed by atoms with Crippen LogP contribution in [0.2, 0.25) is 0 Å². The highest BCUT2D eigenvalue weighted by Crippen LogP contribution is 2.16. The van der Waals surface area contributed by atoms with E-state index in [2.05, 4.69) is 27.8 Å². The molecule has 1 nitrogen and oxygen atoms in total. The molecule has 1 saturated heterocycles. The minimum atomic E-state index is 0.826. The van der Waals surface area contributed by atoms with Crippen LogP contribution in [-0.4, -0.2) is 29.4 Å². The maximum atomic E-state index is 3.49. The van der Waals surface area contributed by atoms with Gasteiger partial charge in [-0.05, 0) is 39.3 Å². The normalized spacial score (nSPS) is 27.0. The van der Waals surface area contributed by atoms with Gasteiger partial charge in [-0.15, -0.1) is 0 Å². The van der Waals surface area contributed by atoms with Crippen LogP contribution in [0.15, 0.2) is 0 Å². The van der Waals surface area contributed by atoms with E-state index < -0.39 is 0 Å². The third-order valence-electron chi connectivity index (χ3n) is 2.77. The lowest BCUT2D eigenvalue weighted by Gasteiger charge is -2.26. The molecule has 0 N–H and O–H groups in total. The first-order valence-electron chi connectivity index (χ1n) is 5.14. The highest BCUT2D eigenvalue weighted by molar-refractivity contribution is 9.09. The van der Waals surface area contributed by atoms with E-state index in [9.17, 15) is 0 Å². The lowest BCUT2D eigenvalue weighted by Crippen LogP contribution is -2.33. The van der Waals surface area contributed by atoms with Crippen molar-refractivity contribution in [2.24, 2.45) is 0 Å². The van der Waals surface area contributed by atoms with Crippen LogP contribution in [0, 0.1) is 0 Å². The topological polar surface area (TPSA) is 3.24 Å². The summed E-state index contributed by atoms with van der Waals surface area (Å²) in [6.07, 6.45) is 6.99. The standard InChI is InChI=1S/C10H20BrN/c1-10-6-3-2-4-8-12(10)9-5-7-11/h10H,2-9H2,1H3. The van der Waals surface area contributed by atoms with E-state index in [-0.39, 0.29) is 0 Å². The van der Waals surface area contributed by atoms with Crippen molar-refractivity contribution >= 4 is 15.9 Å². The van der Waals surface area contributed by atoms with Gasteiger partial charge in [0.05, 0.1) is 0 Å². The molecule has 0 aromatic rings. The molecule has 0 amide bonds. The average molecular weight is 234 g/mol. The number of hydrogen-bond acceptors (Lipinski definition) is 1. The SMILES string of the molecule is CC1CCCCCN1CCCBr. The molecule has 0 radical (unpaired) electrons. The highest BCUT2D eigenvalue weighted by atomic mass is 79.9. The quantitative estimate of drug-likeness (QED) is 0.678. The van der Waals surface area contributed by atoms with Crippen LogP contribution >= 0.6 is 15.9 Å². The van der Waals surface area contributed by atoms with E-state index in [0.29, 0.717) is 0 Å². The Bertz CT molecular complexity index is 116. The Morgan fingerprint density at radius 2 is 2.17 bits per heavy atom. The molecular weight excluding hydrogens is 214 g/mol. The van der Waals surface area contributed by atoms with Crippen molar-refractivity contribution in [1.82, 2.24) is 4.90 Å². The Morgan fingerprint density at radius 3 is 2.92 bits per heavy atom. The van der Waals surface area contributed by atoms with Gasteiger partial charge in [-0.2, -0.15) is 0 Å². The first kappa shape index (κ1) is 10.5. The van der Waals surface area contributed by atoms with Gasteiger partial charge in [-0.25, -0.2) is 0 Å². The summed E-state index contributed by atoms with van der Waals surface area (Å²) in [4.78, 5) is 2.65. The average Bonchev–Trinajstić information content (AvgIpc) is 2.27. The third kappa shape index (κ3) is 3.44. The molecule has 2 heteroatoms. The Hall–Kier alpha value is 0.440. The van der Waals surface area contributed by atoms with Crippen LogP contribution < -0.4 is 0 Å². The highest BCUT2D eigenvalue weighted by Gasteiger charge is 2.15. The summed E-state index contributed by atoms with van der Waals surface area (Å²) < 4.78 is 0. The molecule has 0 aliphatic carbocycles. The summed E-state index contributed by atoms with van der Waals surface area (Å²) in [5, 5.41) is 1.15. The van der Waals surface area contributed by atoms with E-state index in [1.165, 1.54) is 45.2 Å². The molecule has 12 heavy (non-hydrogen) atoms. The predicted molar refractivity (Wildman–Crippen MR) is 57.9 cm³/mol. The Kier molecular flexibility index (Phi) is 5.24. The molecule has 1 fully saturated rings. The molecule has 1 aliphatic rings. The van der Waals surface area contributed by atoms with Crippen molar-refractivity contribution in [3.63, 3.8) is 0 Å². The van der Waals surface area contributed by atoms with Crippen LogP contribution in [0.3, 0.4) is 0 Å². The molecule has 1 heterocycles. The first-order valence-corrected chi connectivity index (χ1v) is 6.26. The molecule has 1 unspecified atom stereocenters. The van der Waals surface area contributed by atoms with Crippen molar-refractivity contribution in [2.45, 2.75) is 45.1 Å². The molecule has 1 rings (SSSR count). The Balaban J connectivity index is 2.26.